The van der Waals surface area contributed by atoms with E-state index in [9.17, 15) is 4.79 Å². The van der Waals surface area contributed by atoms with Crippen molar-refractivity contribution < 1.29 is 9.53 Å². The predicted molar refractivity (Wildman–Crippen MR) is 77.3 cm³/mol. The van der Waals surface area contributed by atoms with Gasteiger partial charge in [0.25, 0.3) is 0 Å². The zero-order valence-corrected chi connectivity index (χ0v) is 12.1. The highest BCUT2D eigenvalue weighted by molar-refractivity contribution is 14.1. The maximum atomic E-state index is 11.5. The third-order valence-corrected chi connectivity index (χ3v) is 3.42. The fourth-order valence-electron chi connectivity index (χ4n) is 1.47. The summed E-state index contributed by atoms with van der Waals surface area (Å²) >= 11 is 2.28. The smallest absolute Gasteiger partial charge is 0.407 e. The second kappa shape index (κ2) is 8.33. The van der Waals surface area contributed by atoms with Crippen LogP contribution >= 0.6 is 22.6 Å². The number of halogens is 1. The molecule has 0 radical (unpaired) electrons. The molecule has 17 heavy (non-hydrogen) atoms. The number of alkyl carbamates (subject to hydrolysis) is 1. The van der Waals surface area contributed by atoms with Gasteiger partial charge in [0.1, 0.15) is 6.61 Å². The molecule has 1 aromatic rings. The summed E-state index contributed by atoms with van der Waals surface area (Å²) in [5.41, 5.74) is 1.00. The molecule has 0 heterocycles. The molecule has 0 saturated carbocycles. The summed E-state index contributed by atoms with van der Waals surface area (Å²) in [7, 11) is 0. The van der Waals surface area contributed by atoms with Gasteiger partial charge in [-0.05, 0) is 12.0 Å². The van der Waals surface area contributed by atoms with E-state index in [1.807, 2.05) is 30.3 Å². The van der Waals surface area contributed by atoms with Crippen molar-refractivity contribution in [2.45, 2.75) is 32.4 Å². The number of alkyl halides is 1. The molecule has 0 aliphatic carbocycles. The molecular formula is C13H18INO2. The average Bonchev–Trinajstić information content (AvgIpc) is 2.37. The van der Waals surface area contributed by atoms with Crippen LogP contribution in [0.4, 0.5) is 4.79 Å². The van der Waals surface area contributed by atoms with E-state index in [-0.39, 0.29) is 12.1 Å². The topological polar surface area (TPSA) is 38.3 Å². The van der Waals surface area contributed by atoms with Gasteiger partial charge in [-0.1, -0.05) is 66.3 Å². The Morgan fingerprint density at radius 1 is 1.41 bits per heavy atom. The highest BCUT2D eigenvalue weighted by atomic mass is 127. The number of amides is 1. The third-order valence-electron chi connectivity index (χ3n) is 2.36. The van der Waals surface area contributed by atoms with Crippen LogP contribution in [-0.2, 0) is 11.3 Å². The van der Waals surface area contributed by atoms with Crippen molar-refractivity contribution >= 4 is 28.7 Å². The zero-order chi connectivity index (χ0) is 12.5. The summed E-state index contributed by atoms with van der Waals surface area (Å²) in [6, 6.07) is 9.90. The van der Waals surface area contributed by atoms with Crippen molar-refractivity contribution in [2.24, 2.45) is 0 Å². The van der Waals surface area contributed by atoms with Gasteiger partial charge >= 0.3 is 6.09 Å². The Hall–Kier alpha value is -0.780. The first-order valence-corrected chi connectivity index (χ1v) is 7.32. The van der Waals surface area contributed by atoms with Crippen molar-refractivity contribution in [3.05, 3.63) is 35.9 Å². The molecule has 94 valence electrons. The van der Waals surface area contributed by atoms with E-state index in [0.717, 1.165) is 22.8 Å². The van der Waals surface area contributed by atoms with Crippen LogP contribution in [0.5, 0.6) is 0 Å². The van der Waals surface area contributed by atoms with E-state index in [1.165, 1.54) is 0 Å². The standard InChI is InChI=1S/C13H18INO2/c1-2-6-12(9-14)15-13(16)17-10-11-7-4-3-5-8-11/h3-5,7-8,12H,2,6,9-10H2,1H3,(H,15,16)/t12-/m0/s1. The molecule has 0 fully saturated rings. The SMILES string of the molecule is CCC[C@@H](CI)NC(=O)OCc1ccccc1. The lowest BCUT2D eigenvalue weighted by Gasteiger charge is -2.15. The second-order valence-electron chi connectivity index (χ2n) is 3.85. The number of ether oxygens (including phenoxy) is 1. The van der Waals surface area contributed by atoms with Gasteiger partial charge in [0, 0.05) is 10.5 Å². The van der Waals surface area contributed by atoms with Crippen molar-refractivity contribution in [3.8, 4) is 0 Å². The summed E-state index contributed by atoms with van der Waals surface area (Å²) in [4.78, 5) is 11.5. The quantitative estimate of drug-likeness (QED) is 0.632. The van der Waals surface area contributed by atoms with E-state index < -0.39 is 0 Å². The van der Waals surface area contributed by atoms with Crippen molar-refractivity contribution in [1.82, 2.24) is 5.32 Å². The number of carbonyl (C=O) groups is 1. The molecule has 0 saturated heterocycles. The molecule has 0 aliphatic rings. The summed E-state index contributed by atoms with van der Waals surface area (Å²) in [6.45, 7) is 2.43. The number of carbonyl (C=O) groups excluding carboxylic acids is 1. The van der Waals surface area contributed by atoms with Gasteiger partial charge in [0.05, 0.1) is 0 Å². The largest absolute Gasteiger partial charge is 0.445 e. The Bertz CT molecular complexity index is 329. The molecule has 0 aliphatic heterocycles. The van der Waals surface area contributed by atoms with Gasteiger partial charge < -0.3 is 10.1 Å². The van der Waals surface area contributed by atoms with E-state index in [0.29, 0.717) is 6.61 Å². The van der Waals surface area contributed by atoms with E-state index in [2.05, 4.69) is 34.8 Å². The number of rotatable bonds is 6. The van der Waals surface area contributed by atoms with E-state index in [4.69, 9.17) is 4.74 Å². The Balaban J connectivity index is 2.30. The minimum Gasteiger partial charge on any atom is -0.445 e. The van der Waals surface area contributed by atoms with Crippen LogP contribution < -0.4 is 5.32 Å². The lowest BCUT2D eigenvalue weighted by atomic mass is 10.2. The highest BCUT2D eigenvalue weighted by Crippen LogP contribution is 2.03. The molecule has 1 N–H and O–H groups in total. The van der Waals surface area contributed by atoms with Gasteiger partial charge in [-0.2, -0.15) is 0 Å². The number of hydrogen-bond donors (Lipinski definition) is 1. The Labute approximate surface area is 116 Å². The van der Waals surface area contributed by atoms with Crippen LogP contribution in [-0.4, -0.2) is 16.6 Å². The van der Waals surface area contributed by atoms with Crippen LogP contribution in [0.15, 0.2) is 30.3 Å². The van der Waals surface area contributed by atoms with Gasteiger partial charge in [-0.25, -0.2) is 4.79 Å². The van der Waals surface area contributed by atoms with Gasteiger partial charge in [0.2, 0.25) is 0 Å². The molecule has 1 aromatic carbocycles. The molecule has 1 amide bonds. The maximum Gasteiger partial charge on any atom is 0.407 e. The summed E-state index contributed by atoms with van der Waals surface area (Å²) < 4.78 is 6.06. The molecule has 0 bridgehead atoms. The molecule has 0 aromatic heterocycles. The van der Waals surface area contributed by atoms with E-state index in [1.54, 1.807) is 0 Å². The first-order chi connectivity index (χ1) is 8.26. The number of nitrogens with one attached hydrogen (secondary N) is 1. The molecule has 3 nitrogen and oxygen atoms in total. The zero-order valence-electron chi connectivity index (χ0n) is 9.99. The van der Waals surface area contributed by atoms with Gasteiger partial charge in [0.15, 0.2) is 0 Å². The number of benzene rings is 1. The van der Waals surface area contributed by atoms with Crippen LogP contribution in [0.25, 0.3) is 0 Å². The Kier molecular flexibility index (Phi) is 7.00. The number of hydrogen-bond acceptors (Lipinski definition) is 2. The highest BCUT2D eigenvalue weighted by Gasteiger charge is 2.10. The predicted octanol–water partition coefficient (Wildman–Crippen LogP) is 3.52. The van der Waals surface area contributed by atoms with Crippen LogP contribution in [0.3, 0.4) is 0 Å². The Morgan fingerprint density at radius 3 is 2.71 bits per heavy atom. The van der Waals surface area contributed by atoms with Crippen molar-refractivity contribution in [3.63, 3.8) is 0 Å². The fourth-order valence-corrected chi connectivity index (χ4v) is 2.13. The van der Waals surface area contributed by atoms with Crippen LogP contribution in [0.2, 0.25) is 0 Å². The molecular weight excluding hydrogens is 329 g/mol. The normalized spacial score (nSPS) is 11.9. The van der Waals surface area contributed by atoms with E-state index >= 15 is 0 Å². The van der Waals surface area contributed by atoms with Crippen molar-refractivity contribution in [2.75, 3.05) is 4.43 Å². The van der Waals surface area contributed by atoms with Gasteiger partial charge in [-0.15, -0.1) is 0 Å². The first-order valence-electron chi connectivity index (χ1n) is 5.79. The molecule has 1 atom stereocenters. The summed E-state index contributed by atoms with van der Waals surface area (Å²) in [6.07, 6.45) is 1.72. The lowest BCUT2D eigenvalue weighted by Crippen LogP contribution is -2.36. The minimum atomic E-state index is -0.330. The molecule has 0 unspecified atom stereocenters. The first kappa shape index (κ1) is 14.3. The van der Waals surface area contributed by atoms with Gasteiger partial charge in [-0.3, -0.25) is 0 Å². The second-order valence-corrected chi connectivity index (χ2v) is 4.73. The maximum absolute atomic E-state index is 11.5. The molecule has 0 spiro atoms. The van der Waals surface area contributed by atoms with Crippen LogP contribution in [0, 0.1) is 0 Å². The average molecular weight is 347 g/mol. The summed E-state index contributed by atoms with van der Waals surface area (Å²) in [5.74, 6) is 0. The third kappa shape index (κ3) is 5.91. The lowest BCUT2D eigenvalue weighted by molar-refractivity contribution is 0.136. The molecule has 4 heteroatoms. The fraction of sp³-hybridized carbons (Fsp3) is 0.462. The summed E-state index contributed by atoms with van der Waals surface area (Å²) in [5, 5.41) is 2.87. The Morgan fingerprint density at radius 2 is 2.12 bits per heavy atom. The molecule has 1 rings (SSSR count). The monoisotopic (exact) mass is 347 g/mol. The minimum absolute atomic E-state index is 0.212. The van der Waals surface area contributed by atoms with Crippen LogP contribution in [0.1, 0.15) is 25.3 Å². The van der Waals surface area contributed by atoms with Crippen molar-refractivity contribution in [1.29, 1.82) is 0 Å².